The molecule has 0 unspecified atom stereocenters. The Kier molecular flexibility index (Phi) is 7.97. The van der Waals surface area contributed by atoms with Crippen LogP contribution in [0.5, 0.6) is 0 Å². The van der Waals surface area contributed by atoms with E-state index < -0.39 is 5.60 Å². The lowest BCUT2D eigenvalue weighted by atomic mass is 10.0. The lowest BCUT2D eigenvalue weighted by Gasteiger charge is -2.19. The summed E-state index contributed by atoms with van der Waals surface area (Å²) in [5.74, 6) is 0.858. The second-order valence-corrected chi connectivity index (χ2v) is 6.84. The van der Waals surface area contributed by atoms with Crippen molar-refractivity contribution in [1.82, 2.24) is 10.6 Å². The molecule has 1 fully saturated rings. The molecular weight excluding hydrogens is 252 g/mol. The van der Waals surface area contributed by atoms with E-state index in [2.05, 4.69) is 10.6 Å². The average Bonchev–Trinajstić information content (AvgIpc) is 2.60. The number of nitrogens with one attached hydrogen (secondary N) is 2. The molecule has 0 bridgehead atoms. The summed E-state index contributed by atoms with van der Waals surface area (Å²) in [6.07, 6.45) is 9.01. The van der Waals surface area contributed by atoms with Gasteiger partial charge in [-0.05, 0) is 59.0 Å². The van der Waals surface area contributed by atoms with Crippen LogP contribution in [0.3, 0.4) is 0 Å². The fourth-order valence-electron chi connectivity index (χ4n) is 2.59. The van der Waals surface area contributed by atoms with Crippen LogP contribution in [0.1, 0.15) is 65.7 Å². The third-order valence-electron chi connectivity index (χ3n) is 3.61. The van der Waals surface area contributed by atoms with Crippen LogP contribution in [-0.2, 0) is 4.74 Å². The predicted molar refractivity (Wildman–Crippen MR) is 82.9 cm³/mol. The first-order valence-electron chi connectivity index (χ1n) is 8.15. The number of hydrogen-bond donors (Lipinski definition) is 2. The quantitative estimate of drug-likeness (QED) is 0.580. The van der Waals surface area contributed by atoms with Gasteiger partial charge in [0.05, 0.1) is 0 Å². The standard InChI is InChI=1S/C16H32N2O2/c1-16(2,3)20-15(19)18-12-8-11-17-13-14-9-6-4-5-7-10-14/h14,17H,4-13H2,1-3H3,(H,18,19). The molecule has 20 heavy (non-hydrogen) atoms. The Morgan fingerprint density at radius 2 is 1.75 bits per heavy atom. The molecule has 1 saturated carbocycles. The smallest absolute Gasteiger partial charge is 0.407 e. The Bertz CT molecular complexity index is 266. The number of amides is 1. The normalized spacial score (nSPS) is 17.6. The maximum absolute atomic E-state index is 11.4. The molecule has 0 spiro atoms. The maximum atomic E-state index is 11.4. The van der Waals surface area contributed by atoms with E-state index in [-0.39, 0.29) is 6.09 Å². The molecule has 4 heteroatoms. The number of rotatable bonds is 6. The van der Waals surface area contributed by atoms with E-state index in [1.54, 1.807) is 0 Å². The first-order chi connectivity index (χ1) is 9.47. The van der Waals surface area contributed by atoms with Gasteiger partial charge in [-0.15, -0.1) is 0 Å². The van der Waals surface area contributed by atoms with Crippen molar-refractivity contribution in [3.63, 3.8) is 0 Å². The second-order valence-electron chi connectivity index (χ2n) is 6.84. The Balaban J connectivity index is 1.95. The fourth-order valence-corrected chi connectivity index (χ4v) is 2.59. The molecular formula is C16H32N2O2. The molecule has 2 N–H and O–H groups in total. The fraction of sp³-hybridized carbons (Fsp3) is 0.938. The first-order valence-corrected chi connectivity index (χ1v) is 8.15. The van der Waals surface area contributed by atoms with Crippen LogP contribution in [0.4, 0.5) is 4.79 Å². The highest BCUT2D eigenvalue weighted by Crippen LogP contribution is 2.21. The molecule has 1 amide bonds. The highest BCUT2D eigenvalue weighted by Gasteiger charge is 2.15. The Morgan fingerprint density at radius 3 is 2.35 bits per heavy atom. The van der Waals surface area contributed by atoms with Crippen LogP contribution in [0.2, 0.25) is 0 Å². The summed E-state index contributed by atoms with van der Waals surface area (Å²) in [5.41, 5.74) is -0.415. The van der Waals surface area contributed by atoms with E-state index in [9.17, 15) is 4.79 Å². The highest BCUT2D eigenvalue weighted by atomic mass is 16.6. The molecule has 118 valence electrons. The summed E-state index contributed by atoms with van der Waals surface area (Å²) < 4.78 is 5.18. The number of ether oxygens (including phenoxy) is 1. The summed E-state index contributed by atoms with van der Waals surface area (Å²) in [5, 5.41) is 6.30. The van der Waals surface area contributed by atoms with Gasteiger partial charge < -0.3 is 15.4 Å². The molecule has 0 saturated heterocycles. The summed E-state index contributed by atoms with van der Waals surface area (Å²) >= 11 is 0. The SMILES string of the molecule is CC(C)(C)OC(=O)NCCCNCC1CCCCCC1. The van der Waals surface area contributed by atoms with Gasteiger partial charge >= 0.3 is 6.09 Å². The van der Waals surface area contributed by atoms with Gasteiger partial charge in [-0.1, -0.05) is 25.7 Å². The summed E-state index contributed by atoms with van der Waals surface area (Å²) in [4.78, 5) is 11.4. The molecule has 1 aliphatic rings. The second kappa shape index (κ2) is 9.22. The van der Waals surface area contributed by atoms with Crippen molar-refractivity contribution in [2.24, 2.45) is 5.92 Å². The van der Waals surface area contributed by atoms with Crippen molar-refractivity contribution in [1.29, 1.82) is 0 Å². The number of carbonyl (C=O) groups excluding carboxylic acids is 1. The number of carbonyl (C=O) groups is 1. The largest absolute Gasteiger partial charge is 0.444 e. The Morgan fingerprint density at radius 1 is 1.10 bits per heavy atom. The van der Waals surface area contributed by atoms with Crippen molar-refractivity contribution in [3.8, 4) is 0 Å². The minimum absolute atomic E-state index is 0.318. The topological polar surface area (TPSA) is 50.4 Å². The van der Waals surface area contributed by atoms with Crippen molar-refractivity contribution >= 4 is 6.09 Å². The van der Waals surface area contributed by atoms with Crippen molar-refractivity contribution in [2.75, 3.05) is 19.6 Å². The van der Waals surface area contributed by atoms with Crippen molar-refractivity contribution < 1.29 is 9.53 Å². The molecule has 0 radical (unpaired) electrons. The molecule has 4 nitrogen and oxygen atoms in total. The predicted octanol–water partition coefficient (Wildman–Crippen LogP) is 3.46. The zero-order valence-electron chi connectivity index (χ0n) is 13.5. The lowest BCUT2D eigenvalue weighted by Crippen LogP contribution is -2.34. The van der Waals surface area contributed by atoms with Gasteiger partial charge in [-0.3, -0.25) is 0 Å². The van der Waals surface area contributed by atoms with Gasteiger partial charge in [0.1, 0.15) is 5.60 Å². The van der Waals surface area contributed by atoms with Crippen LogP contribution < -0.4 is 10.6 Å². The van der Waals surface area contributed by atoms with Gasteiger partial charge in [0.2, 0.25) is 0 Å². The molecule has 0 heterocycles. The maximum Gasteiger partial charge on any atom is 0.407 e. The molecule has 0 aliphatic heterocycles. The summed E-state index contributed by atoms with van der Waals surface area (Å²) in [6, 6.07) is 0. The van der Waals surface area contributed by atoms with Crippen LogP contribution in [0.15, 0.2) is 0 Å². The molecule has 0 aromatic heterocycles. The van der Waals surface area contributed by atoms with Crippen LogP contribution in [-0.4, -0.2) is 31.3 Å². The number of hydrogen-bond acceptors (Lipinski definition) is 3. The minimum atomic E-state index is -0.415. The molecule has 0 aromatic rings. The third-order valence-corrected chi connectivity index (χ3v) is 3.61. The summed E-state index contributed by atoms with van der Waals surface area (Å²) in [7, 11) is 0. The van der Waals surface area contributed by atoms with Crippen LogP contribution >= 0.6 is 0 Å². The minimum Gasteiger partial charge on any atom is -0.444 e. The zero-order valence-corrected chi connectivity index (χ0v) is 13.5. The van der Waals surface area contributed by atoms with Gasteiger partial charge in [-0.25, -0.2) is 4.79 Å². The van der Waals surface area contributed by atoms with Crippen molar-refractivity contribution in [3.05, 3.63) is 0 Å². The number of alkyl carbamates (subject to hydrolysis) is 1. The van der Waals surface area contributed by atoms with Gasteiger partial charge in [0.25, 0.3) is 0 Å². The highest BCUT2D eigenvalue weighted by molar-refractivity contribution is 5.67. The Hall–Kier alpha value is -0.770. The summed E-state index contributed by atoms with van der Waals surface area (Å²) in [6.45, 7) is 8.40. The molecule has 1 rings (SSSR count). The lowest BCUT2D eigenvalue weighted by molar-refractivity contribution is 0.0527. The van der Waals surface area contributed by atoms with Gasteiger partial charge in [-0.2, -0.15) is 0 Å². The zero-order chi connectivity index (χ0) is 14.8. The van der Waals surface area contributed by atoms with E-state index in [0.717, 1.165) is 25.4 Å². The van der Waals surface area contributed by atoms with E-state index in [1.165, 1.54) is 38.5 Å². The molecule has 0 aromatic carbocycles. The van der Waals surface area contributed by atoms with Gasteiger partial charge in [0, 0.05) is 6.54 Å². The Labute approximate surface area is 124 Å². The molecule has 0 atom stereocenters. The average molecular weight is 284 g/mol. The third kappa shape index (κ3) is 9.18. The van der Waals surface area contributed by atoms with E-state index in [0.29, 0.717) is 6.54 Å². The van der Waals surface area contributed by atoms with Crippen LogP contribution in [0, 0.1) is 5.92 Å². The first kappa shape index (κ1) is 17.3. The van der Waals surface area contributed by atoms with E-state index in [1.807, 2.05) is 20.8 Å². The molecule has 1 aliphatic carbocycles. The van der Waals surface area contributed by atoms with Crippen LogP contribution in [0.25, 0.3) is 0 Å². The van der Waals surface area contributed by atoms with Gasteiger partial charge in [0.15, 0.2) is 0 Å². The van der Waals surface area contributed by atoms with E-state index in [4.69, 9.17) is 4.74 Å². The monoisotopic (exact) mass is 284 g/mol. The van der Waals surface area contributed by atoms with E-state index >= 15 is 0 Å². The van der Waals surface area contributed by atoms with Crippen molar-refractivity contribution in [2.45, 2.75) is 71.3 Å².